The van der Waals surface area contributed by atoms with Crippen molar-refractivity contribution in [3.8, 4) is 0 Å². The van der Waals surface area contributed by atoms with Crippen LogP contribution in [0.2, 0.25) is 0 Å². The normalized spacial score (nSPS) is 29.2. The third kappa shape index (κ3) is 3.60. The van der Waals surface area contributed by atoms with Gasteiger partial charge in [0.15, 0.2) is 0 Å². The summed E-state index contributed by atoms with van der Waals surface area (Å²) in [7, 11) is 0. The molecule has 2 rings (SSSR count). The molecule has 0 amide bonds. The second kappa shape index (κ2) is 6.09. The molecule has 4 atom stereocenters. The minimum Gasteiger partial charge on any atom is -0.307 e. The number of aryl methyl sites for hydroxylation is 2. The van der Waals surface area contributed by atoms with Crippen LogP contribution in [0.25, 0.3) is 0 Å². The van der Waals surface area contributed by atoms with Gasteiger partial charge in [0.05, 0.1) is 0 Å². The second-order valence-electron chi connectivity index (χ2n) is 6.71. The van der Waals surface area contributed by atoms with Gasteiger partial charge in [0.2, 0.25) is 0 Å². The van der Waals surface area contributed by atoms with Gasteiger partial charge >= 0.3 is 0 Å². The van der Waals surface area contributed by atoms with Gasteiger partial charge in [-0.1, -0.05) is 37.6 Å². The van der Waals surface area contributed by atoms with Crippen LogP contribution in [0, 0.1) is 25.7 Å². The quantitative estimate of drug-likeness (QED) is 0.824. The smallest absolute Gasteiger partial charge is 0.0297 e. The Balaban J connectivity index is 2.01. The van der Waals surface area contributed by atoms with E-state index in [-0.39, 0.29) is 0 Å². The first-order chi connectivity index (χ1) is 8.97. The summed E-state index contributed by atoms with van der Waals surface area (Å²) in [6.07, 6.45) is 4.04. The van der Waals surface area contributed by atoms with Crippen molar-refractivity contribution in [1.82, 2.24) is 5.32 Å². The lowest BCUT2D eigenvalue weighted by Gasteiger charge is -2.34. The molecular weight excluding hydrogens is 230 g/mol. The van der Waals surface area contributed by atoms with E-state index in [1.165, 1.54) is 36.0 Å². The van der Waals surface area contributed by atoms with Crippen molar-refractivity contribution in [3.63, 3.8) is 0 Å². The van der Waals surface area contributed by atoms with E-state index in [2.05, 4.69) is 58.1 Å². The molecule has 0 radical (unpaired) electrons. The molecule has 1 heteroatoms. The number of hydrogen-bond acceptors (Lipinski definition) is 1. The van der Waals surface area contributed by atoms with E-state index >= 15 is 0 Å². The first-order valence-electron chi connectivity index (χ1n) is 7.80. The lowest BCUT2D eigenvalue weighted by Crippen LogP contribution is -2.37. The molecule has 19 heavy (non-hydrogen) atoms. The molecule has 0 saturated heterocycles. The Morgan fingerprint density at radius 2 is 1.84 bits per heavy atom. The SMILES string of the molecule is Cc1ccc(C)c(C(C)NC2CCC(C)C(C)C2)c1. The molecule has 1 N–H and O–H groups in total. The van der Waals surface area contributed by atoms with E-state index in [0.29, 0.717) is 12.1 Å². The molecule has 0 heterocycles. The van der Waals surface area contributed by atoms with Gasteiger partial charge in [0, 0.05) is 12.1 Å². The van der Waals surface area contributed by atoms with Crippen LogP contribution in [-0.2, 0) is 0 Å². The molecule has 0 aliphatic heterocycles. The van der Waals surface area contributed by atoms with Crippen molar-refractivity contribution < 1.29 is 0 Å². The van der Waals surface area contributed by atoms with Crippen molar-refractivity contribution in [2.75, 3.05) is 0 Å². The second-order valence-corrected chi connectivity index (χ2v) is 6.71. The molecule has 1 aromatic rings. The fraction of sp³-hybridized carbons (Fsp3) is 0.667. The summed E-state index contributed by atoms with van der Waals surface area (Å²) in [6.45, 7) is 11.5. The van der Waals surface area contributed by atoms with Crippen LogP contribution >= 0.6 is 0 Å². The molecule has 0 spiro atoms. The Kier molecular flexibility index (Phi) is 4.67. The topological polar surface area (TPSA) is 12.0 Å². The van der Waals surface area contributed by atoms with Crippen LogP contribution in [-0.4, -0.2) is 6.04 Å². The number of benzene rings is 1. The third-order valence-electron chi connectivity index (χ3n) is 4.99. The molecule has 4 unspecified atom stereocenters. The Morgan fingerprint density at radius 3 is 2.53 bits per heavy atom. The zero-order valence-electron chi connectivity index (χ0n) is 13.2. The standard InChI is InChI=1S/C18H29N/c1-12-6-7-14(3)18(10-12)16(5)19-17-9-8-13(2)15(4)11-17/h6-7,10,13,15-17,19H,8-9,11H2,1-5H3. The largest absolute Gasteiger partial charge is 0.307 e. The highest BCUT2D eigenvalue weighted by Crippen LogP contribution is 2.31. The monoisotopic (exact) mass is 259 g/mol. The van der Waals surface area contributed by atoms with Crippen molar-refractivity contribution in [2.45, 2.75) is 66.0 Å². The maximum absolute atomic E-state index is 3.85. The van der Waals surface area contributed by atoms with E-state index in [1.807, 2.05) is 0 Å². The highest BCUT2D eigenvalue weighted by atomic mass is 14.9. The summed E-state index contributed by atoms with van der Waals surface area (Å²) < 4.78 is 0. The predicted molar refractivity (Wildman–Crippen MR) is 83.4 cm³/mol. The number of nitrogens with one attached hydrogen (secondary N) is 1. The highest BCUT2D eigenvalue weighted by molar-refractivity contribution is 5.32. The van der Waals surface area contributed by atoms with Gasteiger partial charge in [-0.15, -0.1) is 0 Å². The fourth-order valence-electron chi connectivity index (χ4n) is 3.37. The van der Waals surface area contributed by atoms with E-state index in [9.17, 15) is 0 Å². The Bertz CT molecular complexity index is 424. The van der Waals surface area contributed by atoms with Crippen molar-refractivity contribution in [2.24, 2.45) is 11.8 Å². The van der Waals surface area contributed by atoms with Crippen LogP contribution in [0.15, 0.2) is 18.2 Å². The summed E-state index contributed by atoms with van der Waals surface area (Å²) in [4.78, 5) is 0. The van der Waals surface area contributed by atoms with E-state index in [0.717, 1.165) is 11.8 Å². The van der Waals surface area contributed by atoms with Gasteiger partial charge in [-0.05, 0) is 63.0 Å². The first kappa shape index (κ1) is 14.6. The molecule has 1 aliphatic carbocycles. The molecular formula is C18H29N. The van der Waals surface area contributed by atoms with Crippen LogP contribution < -0.4 is 5.32 Å². The third-order valence-corrected chi connectivity index (χ3v) is 4.99. The zero-order chi connectivity index (χ0) is 14.0. The minimum atomic E-state index is 0.463. The van der Waals surface area contributed by atoms with Crippen LogP contribution in [0.1, 0.15) is 62.8 Å². The molecule has 1 nitrogen and oxygen atoms in total. The average Bonchev–Trinajstić information content (AvgIpc) is 2.36. The van der Waals surface area contributed by atoms with Crippen molar-refractivity contribution >= 4 is 0 Å². The number of hydrogen-bond donors (Lipinski definition) is 1. The van der Waals surface area contributed by atoms with E-state index in [1.54, 1.807) is 0 Å². The predicted octanol–water partition coefficient (Wildman–Crippen LogP) is 4.78. The Morgan fingerprint density at radius 1 is 1.11 bits per heavy atom. The fourth-order valence-corrected chi connectivity index (χ4v) is 3.37. The molecule has 1 fully saturated rings. The molecule has 1 saturated carbocycles. The summed E-state index contributed by atoms with van der Waals surface area (Å²) in [5.74, 6) is 1.76. The summed E-state index contributed by atoms with van der Waals surface area (Å²) in [5, 5.41) is 3.85. The molecule has 1 aliphatic rings. The highest BCUT2D eigenvalue weighted by Gasteiger charge is 2.25. The van der Waals surface area contributed by atoms with Crippen LogP contribution in [0.4, 0.5) is 0 Å². The Hall–Kier alpha value is -0.820. The van der Waals surface area contributed by atoms with E-state index in [4.69, 9.17) is 0 Å². The van der Waals surface area contributed by atoms with Crippen LogP contribution in [0.5, 0.6) is 0 Å². The molecule has 106 valence electrons. The zero-order valence-corrected chi connectivity index (χ0v) is 13.2. The minimum absolute atomic E-state index is 0.463. The van der Waals surface area contributed by atoms with Gasteiger partial charge in [-0.25, -0.2) is 0 Å². The average molecular weight is 259 g/mol. The molecule has 1 aromatic carbocycles. The molecule has 0 aromatic heterocycles. The lowest BCUT2D eigenvalue weighted by atomic mass is 9.79. The maximum Gasteiger partial charge on any atom is 0.0297 e. The summed E-state index contributed by atoms with van der Waals surface area (Å²) >= 11 is 0. The first-order valence-corrected chi connectivity index (χ1v) is 7.80. The van der Waals surface area contributed by atoms with Gasteiger partial charge in [0.25, 0.3) is 0 Å². The maximum atomic E-state index is 3.85. The summed E-state index contributed by atoms with van der Waals surface area (Å²) in [6, 6.07) is 7.94. The number of rotatable bonds is 3. The van der Waals surface area contributed by atoms with Gasteiger partial charge in [-0.2, -0.15) is 0 Å². The molecule has 0 bridgehead atoms. The van der Waals surface area contributed by atoms with E-state index < -0.39 is 0 Å². The van der Waals surface area contributed by atoms with Gasteiger partial charge in [-0.3, -0.25) is 0 Å². The van der Waals surface area contributed by atoms with Crippen molar-refractivity contribution in [3.05, 3.63) is 34.9 Å². The summed E-state index contributed by atoms with van der Waals surface area (Å²) in [5.41, 5.74) is 4.23. The lowest BCUT2D eigenvalue weighted by molar-refractivity contribution is 0.217. The van der Waals surface area contributed by atoms with Crippen LogP contribution in [0.3, 0.4) is 0 Å². The van der Waals surface area contributed by atoms with Crippen molar-refractivity contribution in [1.29, 1.82) is 0 Å². The van der Waals surface area contributed by atoms with Gasteiger partial charge < -0.3 is 5.32 Å². The van der Waals surface area contributed by atoms with Gasteiger partial charge in [0.1, 0.15) is 0 Å². The Labute approximate surface area is 118 Å².